The number of rotatable bonds is 6. The van der Waals surface area contributed by atoms with Crippen LogP contribution in [0.5, 0.6) is 0 Å². The van der Waals surface area contributed by atoms with Crippen LogP contribution in [0.1, 0.15) is 32.6 Å². The number of alkyl halides is 1. The van der Waals surface area contributed by atoms with E-state index in [0.29, 0.717) is 13.0 Å². The second-order valence-electron chi connectivity index (χ2n) is 3.81. The lowest BCUT2D eigenvalue weighted by Crippen LogP contribution is -2.18. The standard InChI is InChI=1S/C13H17BrO3/c1-2-17-12(15)9-8-11(14)13(16)10-6-4-3-5-7-10/h4,6-7,11H,2-3,5,8-9H2,1H3. The molecular weight excluding hydrogens is 284 g/mol. The summed E-state index contributed by atoms with van der Waals surface area (Å²) in [6.45, 7) is 2.15. The van der Waals surface area contributed by atoms with Gasteiger partial charge in [-0.15, -0.1) is 0 Å². The lowest BCUT2D eigenvalue weighted by molar-refractivity contribution is -0.143. The molecule has 0 aromatic carbocycles. The van der Waals surface area contributed by atoms with Gasteiger partial charge in [0.25, 0.3) is 0 Å². The van der Waals surface area contributed by atoms with Crippen LogP contribution in [0.3, 0.4) is 0 Å². The van der Waals surface area contributed by atoms with Crippen molar-refractivity contribution in [3.05, 3.63) is 23.8 Å². The molecule has 0 amide bonds. The number of hydrogen-bond acceptors (Lipinski definition) is 3. The number of Topliss-reactive ketones (excluding diaryl/α,β-unsaturated/α-hetero) is 1. The molecule has 0 aliphatic heterocycles. The molecule has 0 aromatic rings. The van der Waals surface area contributed by atoms with Crippen molar-refractivity contribution < 1.29 is 14.3 Å². The van der Waals surface area contributed by atoms with Gasteiger partial charge in [-0.05, 0) is 26.2 Å². The molecule has 0 bridgehead atoms. The first kappa shape index (κ1) is 14.2. The summed E-state index contributed by atoms with van der Waals surface area (Å²) in [5.41, 5.74) is 0.738. The van der Waals surface area contributed by atoms with Crippen molar-refractivity contribution in [2.45, 2.75) is 37.4 Å². The van der Waals surface area contributed by atoms with Gasteiger partial charge >= 0.3 is 5.97 Å². The van der Waals surface area contributed by atoms with E-state index in [4.69, 9.17) is 4.74 Å². The molecule has 0 aromatic heterocycles. The SMILES string of the molecule is CCOC(=O)CCC(Br)C(=O)C1=CCCC=C1. The van der Waals surface area contributed by atoms with Crippen molar-refractivity contribution in [2.75, 3.05) is 6.61 Å². The van der Waals surface area contributed by atoms with Gasteiger partial charge in [-0.25, -0.2) is 0 Å². The molecule has 1 atom stereocenters. The molecule has 0 saturated heterocycles. The van der Waals surface area contributed by atoms with Gasteiger partial charge in [-0.2, -0.15) is 0 Å². The van der Waals surface area contributed by atoms with Gasteiger partial charge in [0.2, 0.25) is 0 Å². The number of ether oxygens (including phenoxy) is 1. The fourth-order valence-electron chi connectivity index (χ4n) is 1.59. The zero-order chi connectivity index (χ0) is 12.7. The smallest absolute Gasteiger partial charge is 0.305 e. The van der Waals surface area contributed by atoms with Gasteiger partial charge in [0, 0.05) is 12.0 Å². The summed E-state index contributed by atoms with van der Waals surface area (Å²) in [7, 11) is 0. The molecule has 4 heteroatoms. The van der Waals surface area contributed by atoms with Crippen molar-refractivity contribution in [1.29, 1.82) is 0 Å². The Balaban J connectivity index is 2.39. The first-order valence-electron chi connectivity index (χ1n) is 5.85. The van der Waals surface area contributed by atoms with E-state index in [0.717, 1.165) is 18.4 Å². The van der Waals surface area contributed by atoms with E-state index in [1.165, 1.54) is 0 Å². The van der Waals surface area contributed by atoms with Crippen molar-refractivity contribution in [3.8, 4) is 0 Å². The largest absolute Gasteiger partial charge is 0.466 e. The van der Waals surface area contributed by atoms with E-state index >= 15 is 0 Å². The minimum absolute atomic E-state index is 0.0465. The number of carbonyl (C=O) groups is 2. The minimum Gasteiger partial charge on any atom is -0.466 e. The lowest BCUT2D eigenvalue weighted by atomic mass is 10.00. The highest BCUT2D eigenvalue weighted by molar-refractivity contribution is 9.10. The van der Waals surface area contributed by atoms with E-state index in [1.807, 2.05) is 18.2 Å². The molecule has 1 aliphatic carbocycles. The molecule has 3 nitrogen and oxygen atoms in total. The van der Waals surface area contributed by atoms with Crippen molar-refractivity contribution in [1.82, 2.24) is 0 Å². The molecule has 0 fully saturated rings. The molecule has 0 saturated carbocycles. The third-order valence-electron chi connectivity index (χ3n) is 2.47. The van der Waals surface area contributed by atoms with Crippen LogP contribution in [0, 0.1) is 0 Å². The molecular formula is C13H17BrO3. The maximum Gasteiger partial charge on any atom is 0.305 e. The highest BCUT2D eigenvalue weighted by Gasteiger charge is 2.19. The monoisotopic (exact) mass is 300 g/mol. The maximum atomic E-state index is 11.9. The van der Waals surface area contributed by atoms with Crippen LogP contribution in [0.15, 0.2) is 23.8 Å². The number of esters is 1. The molecule has 1 aliphatic rings. The van der Waals surface area contributed by atoms with Crippen LogP contribution in [0.4, 0.5) is 0 Å². The fourth-order valence-corrected chi connectivity index (χ4v) is 2.08. The average Bonchev–Trinajstić information content (AvgIpc) is 2.36. The van der Waals surface area contributed by atoms with Crippen LogP contribution >= 0.6 is 15.9 Å². The number of ketones is 1. The number of hydrogen-bond donors (Lipinski definition) is 0. The topological polar surface area (TPSA) is 43.4 Å². The van der Waals surface area contributed by atoms with E-state index in [2.05, 4.69) is 15.9 Å². The van der Waals surface area contributed by atoms with Gasteiger partial charge in [-0.1, -0.05) is 34.2 Å². The third-order valence-corrected chi connectivity index (χ3v) is 3.34. The first-order chi connectivity index (χ1) is 8.15. The van der Waals surface area contributed by atoms with E-state index in [9.17, 15) is 9.59 Å². The third kappa shape index (κ3) is 4.86. The number of allylic oxidation sites excluding steroid dienone is 4. The van der Waals surface area contributed by atoms with Crippen molar-refractivity contribution >= 4 is 27.7 Å². The van der Waals surface area contributed by atoms with E-state index < -0.39 is 0 Å². The molecule has 94 valence electrons. The summed E-state index contributed by atoms with van der Waals surface area (Å²) in [5.74, 6) is -0.205. The van der Waals surface area contributed by atoms with E-state index in [1.54, 1.807) is 6.92 Å². The Morgan fingerprint density at radius 1 is 1.47 bits per heavy atom. The Morgan fingerprint density at radius 3 is 2.82 bits per heavy atom. The zero-order valence-corrected chi connectivity index (χ0v) is 11.5. The van der Waals surface area contributed by atoms with Crippen molar-refractivity contribution in [2.24, 2.45) is 0 Å². The maximum absolute atomic E-state index is 11.9. The van der Waals surface area contributed by atoms with Gasteiger partial charge in [0.15, 0.2) is 5.78 Å². The summed E-state index contributed by atoms with van der Waals surface area (Å²) in [6.07, 6.45) is 8.45. The van der Waals surface area contributed by atoms with Crippen LogP contribution in [0.2, 0.25) is 0 Å². The van der Waals surface area contributed by atoms with Crippen LogP contribution in [-0.4, -0.2) is 23.2 Å². The van der Waals surface area contributed by atoms with Crippen LogP contribution in [0.25, 0.3) is 0 Å². The molecule has 1 unspecified atom stereocenters. The molecule has 17 heavy (non-hydrogen) atoms. The minimum atomic E-state index is -0.305. The second-order valence-corrected chi connectivity index (χ2v) is 4.92. The molecule has 0 spiro atoms. The summed E-state index contributed by atoms with van der Waals surface area (Å²) in [5, 5.41) is 0. The highest BCUT2D eigenvalue weighted by atomic mass is 79.9. The lowest BCUT2D eigenvalue weighted by Gasteiger charge is -2.11. The molecule has 0 N–H and O–H groups in total. The number of halogens is 1. The quantitative estimate of drug-likeness (QED) is 0.559. The summed E-state index contributed by atoms with van der Waals surface area (Å²) in [6, 6.07) is 0. The normalized spacial score (nSPS) is 16.2. The Bertz CT molecular complexity index is 345. The molecule has 0 heterocycles. The molecule has 1 rings (SSSR count). The Labute approximate surface area is 110 Å². The fraction of sp³-hybridized carbons (Fsp3) is 0.538. The first-order valence-corrected chi connectivity index (χ1v) is 6.77. The zero-order valence-electron chi connectivity index (χ0n) is 9.95. The van der Waals surface area contributed by atoms with Crippen LogP contribution < -0.4 is 0 Å². The highest BCUT2D eigenvalue weighted by Crippen LogP contribution is 2.19. The Morgan fingerprint density at radius 2 is 2.24 bits per heavy atom. The Hall–Kier alpha value is -0.900. The summed E-state index contributed by atoms with van der Waals surface area (Å²) in [4.78, 5) is 22.8. The predicted molar refractivity (Wildman–Crippen MR) is 70.0 cm³/mol. The summed E-state index contributed by atoms with van der Waals surface area (Å²) >= 11 is 3.33. The van der Waals surface area contributed by atoms with Gasteiger partial charge in [0.05, 0.1) is 11.4 Å². The molecule has 0 radical (unpaired) electrons. The number of carbonyl (C=O) groups excluding carboxylic acids is 2. The van der Waals surface area contributed by atoms with Crippen LogP contribution in [-0.2, 0) is 14.3 Å². The average molecular weight is 301 g/mol. The van der Waals surface area contributed by atoms with Gasteiger partial charge in [0.1, 0.15) is 0 Å². The predicted octanol–water partition coefficient (Wildman–Crippen LogP) is 2.94. The van der Waals surface area contributed by atoms with Gasteiger partial charge < -0.3 is 4.74 Å². The Kier molecular flexibility index (Phi) is 6.19. The second kappa shape index (κ2) is 7.43. The van der Waals surface area contributed by atoms with Gasteiger partial charge in [-0.3, -0.25) is 9.59 Å². The van der Waals surface area contributed by atoms with Crippen molar-refractivity contribution in [3.63, 3.8) is 0 Å². The van der Waals surface area contributed by atoms with E-state index in [-0.39, 0.29) is 23.0 Å². The summed E-state index contributed by atoms with van der Waals surface area (Å²) < 4.78 is 4.82.